The number of carbonyl (C=O) groups is 1. The number of anilines is 1. The molecule has 14 heteroatoms. The Bertz CT molecular complexity index is 1860. The van der Waals surface area contributed by atoms with E-state index < -0.39 is 19.0 Å². The normalized spacial score (nSPS) is 21.9. The molecule has 0 bridgehead atoms. The molecule has 0 N–H and O–H groups in total. The molecule has 3 aliphatic heterocycles. The summed E-state index contributed by atoms with van der Waals surface area (Å²) in [6.45, 7) is 7.24. The standard InChI is InChI=1S/C33H33ClF2N8O3/c1-18-14-42(22-16-46-17-22)8-7-26(18)44-32-24(13-40-44)31(23(10-37)25(41-32)4-6-29(35)36)20-3-5-27-28(9-20)47-19(2)33(45)43(27)15-30-38-11-21(34)12-39-30/h3,5,9,11-13,18-19,22,26,29H,4,6-8,14-17H2,1-2H3/t18-,19?,26-/m1/s1. The molecule has 3 aromatic heterocycles. The highest BCUT2D eigenvalue weighted by Gasteiger charge is 2.36. The van der Waals surface area contributed by atoms with Gasteiger partial charge in [-0.25, -0.2) is 28.4 Å². The number of aryl methyl sites for hydroxylation is 1. The Kier molecular flexibility index (Phi) is 8.50. The van der Waals surface area contributed by atoms with Crippen LogP contribution in [0.3, 0.4) is 0 Å². The van der Waals surface area contributed by atoms with Crippen LogP contribution in [0, 0.1) is 17.2 Å². The highest BCUT2D eigenvalue weighted by Crippen LogP contribution is 2.42. The lowest BCUT2D eigenvalue weighted by atomic mass is 9.92. The zero-order valence-electron chi connectivity index (χ0n) is 25.9. The monoisotopic (exact) mass is 662 g/mol. The molecule has 2 fully saturated rings. The Morgan fingerprint density at radius 1 is 1.17 bits per heavy atom. The van der Waals surface area contributed by atoms with Crippen molar-refractivity contribution in [2.45, 2.75) is 64.3 Å². The van der Waals surface area contributed by atoms with Crippen molar-refractivity contribution in [2.24, 2.45) is 5.92 Å². The zero-order chi connectivity index (χ0) is 32.8. The number of alkyl halides is 2. The predicted octanol–water partition coefficient (Wildman–Crippen LogP) is 5.21. The lowest BCUT2D eigenvalue weighted by Gasteiger charge is -2.44. The second-order valence-corrected chi connectivity index (χ2v) is 12.8. The van der Waals surface area contributed by atoms with Gasteiger partial charge in [-0.2, -0.15) is 10.4 Å². The topological polar surface area (TPSA) is 122 Å². The summed E-state index contributed by atoms with van der Waals surface area (Å²) in [6, 6.07) is 8.07. The molecule has 244 valence electrons. The first-order valence-corrected chi connectivity index (χ1v) is 16.1. The van der Waals surface area contributed by atoms with E-state index in [0.717, 1.165) is 32.7 Å². The van der Waals surface area contributed by atoms with E-state index >= 15 is 0 Å². The summed E-state index contributed by atoms with van der Waals surface area (Å²) < 4.78 is 40.3. The van der Waals surface area contributed by atoms with Gasteiger partial charge in [0.2, 0.25) is 6.43 Å². The van der Waals surface area contributed by atoms with Gasteiger partial charge < -0.3 is 9.47 Å². The molecule has 2 saturated heterocycles. The Morgan fingerprint density at radius 2 is 1.96 bits per heavy atom. The van der Waals surface area contributed by atoms with Gasteiger partial charge in [0.1, 0.15) is 17.6 Å². The third-order valence-electron chi connectivity index (χ3n) is 9.30. The summed E-state index contributed by atoms with van der Waals surface area (Å²) in [7, 11) is 0. The fourth-order valence-corrected chi connectivity index (χ4v) is 6.88. The number of fused-ring (bicyclic) bond motifs is 2. The second-order valence-electron chi connectivity index (χ2n) is 12.4. The van der Waals surface area contributed by atoms with Crippen LogP contribution in [-0.4, -0.2) is 80.4 Å². The van der Waals surface area contributed by atoms with E-state index in [1.807, 2.05) is 4.68 Å². The van der Waals surface area contributed by atoms with Gasteiger partial charge in [0, 0.05) is 42.9 Å². The quantitative estimate of drug-likeness (QED) is 0.250. The van der Waals surface area contributed by atoms with Crippen LogP contribution in [0.25, 0.3) is 22.2 Å². The predicted molar refractivity (Wildman–Crippen MR) is 169 cm³/mol. The van der Waals surface area contributed by atoms with Crippen LogP contribution in [0.5, 0.6) is 5.75 Å². The van der Waals surface area contributed by atoms with Crippen LogP contribution in [-0.2, 0) is 22.5 Å². The summed E-state index contributed by atoms with van der Waals surface area (Å²) >= 11 is 5.95. The summed E-state index contributed by atoms with van der Waals surface area (Å²) in [5, 5.41) is 16.2. The molecule has 47 heavy (non-hydrogen) atoms. The van der Waals surface area contributed by atoms with E-state index in [2.05, 4.69) is 27.9 Å². The average Bonchev–Trinajstić information content (AvgIpc) is 3.44. The third kappa shape index (κ3) is 5.90. The summed E-state index contributed by atoms with van der Waals surface area (Å²) in [6.07, 6.45) is 1.69. The van der Waals surface area contributed by atoms with Crippen molar-refractivity contribution in [1.29, 1.82) is 5.26 Å². The van der Waals surface area contributed by atoms with Crippen LogP contribution < -0.4 is 9.64 Å². The zero-order valence-corrected chi connectivity index (χ0v) is 26.7. The number of hydrogen-bond acceptors (Lipinski definition) is 9. The van der Waals surface area contributed by atoms with E-state index in [0.29, 0.717) is 56.2 Å². The highest BCUT2D eigenvalue weighted by molar-refractivity contribution is 6.30. The molecule has 4 aromatic rings. The average molecular weight is 663 g/mol. The van der Waals surface area contributed by atoms with Gasteiger partial charge in [0.15, 0.2) is 11.8 Å². The SMILES string of the molecule is CC1Oc2cc(-c3c(C#N)c(CCC(F)F)nc4c3cnn4[C@@H]3CCN(C4COC4)C[C@H]3C)ccc2N(Cc2ncc(Cl)cn2)C1=O. The highest BCUT2D eigenvalue weighted by atomic mass is 35.5. The smallest absolute Gasteiger partial charge is 0.268 e. The molecule has 3 aliphatic rings. The minimum absolute atomic E-state index is 0.0448. The third-order valence-corrected chi connectivity index (χ3v) is 9.50. The largest absolute Gasteiger partial charge is 0.479 e. The van der Waals surface area contributed by atoms with Crippen LogP contribution in [0.2, 0.25) is 5.02 Å². The fraction of sp³-hybridized carbons (Fsp3) is 0.455. The number of pyridine rings is 1. The fourth-order valence-electron chi connectivity index (χ4n) is 6.78. The Hall–Kier alpha value is -4.25. The molecular weight excluding hydrogens is 630 g/mol. The lowest BCUT2D eigenvalue weighted by molar-refractivity contribution is -0.125. The number of amides is 1. The van der Waals surface area contributed by atoms with Gasteiger partial charge in [-0.1, -0.05) is 24.6 Å². The Labute approximate surface area is 275 Å². The summed E-state index contributed by atoms with van der Waals surface area (Å²) in [5.74, 6) is 0.838. The molecule has 7 rings (SSSR count). The van der Waals surface area contributed by atoms with Crippen LogP contribution in [0.4, 0.5) is 14.5 Å². The van der Waals surface area contributed by atoms with Crippen LogP contribution >= 0.6 is 11.6 Å². The number of rotatable bonds is 8. The van der Waals surface area contributed by atoms with Crippen LogP contribution in [0.1, 0.15) is 49.8 Å². The van der Waals surface area contributed by atoms with Gasteiger partial charge in [-0.3, -0.25) is 14.6 Å². The number of nitriles is 1. The Morgan fingerprint density at radius 3 is 2.64 bits per heavy atom. The van der Waals surface area contributed by atoms with Crippen LogP contribution in [0.15, 0.2) is 36.8 Å². The van der Waals surface area contributed by atoms with Crippen molar-refractivity contribution in [3.05, 3.63) is 58.9 Å². The minimum atomic E-state index is -2.54. The minimum Gasteiger partial charge on any atom is -0.479 e. The van der Waals surface area contributed by atoms with Gasteiger partial charge in [-0.15, -0.1) is 0 Å². The number of benzene rings is 1. The first kappa shape index (κ1) is 31.4. The van der Waals surface area contributed by atoms with E-state index in [1.165, 1.54) is 12.4 Å². The van der Waals surface area contributed by atoms with Crippen molar-refractivity contribution in [3.63, 3.8) is 0 Å². The van der Waals surface area contributed by atoms with Gasteiger partial charge in [0.05, 0.1) is 60.0 Å². The van der Waals surface area contributed by atoms with E-state index in [1.54, 1.807) is 36.2 Å². The van der Waals surface area contributed by atoms with Gasteiger partial charge in [-0.05, 0) is 43.4 Å². The molecule has 1 unspecified atom stereocenters. The maximum Gasteiger partial charge on any atom is 0.268 e. The van der Waals surface area contributed by atoms with Crippen molar-refractivity contribution in [1.82, 2.24) is 29.6 Å². The van der Waals surface area contributed by atoms with Crippen molar-refractivity contribution < 1.29 is 23.0 Å². The van der Waals surface area contributed by atoms with E-state index in [-0.39, 0.29) is 36.4 Å². The molecular formula is C33H33ClF2N8O3. The van der Waals surface area contributed by atoms with Gasteiger partial charge >= 0.3 is 0 Å². The lowest BCUT2D eigenvalue weighted by Crippen LogP contribution is -2.54. The number of nitrogens with zero attached hydrogens (tertiary/aromatic N) is 8. The number of likely N-dealkylation sites (tertiary alicyclic amines) is 1. The molecule has 0 saturated carbocycles. The molecule has 6 heterocycles. The number of halogens is 3. The number of aromatic nitrogens is 5. The molecule has 0 spiro atoms. The first-order chi connectivity index (χ1) is 22.7. The number of hydrogen-bond donors (Lipinski definition) is 0. The molecule has 11 nitrogen and oxygen atoms in total. The second kappa shape index (κ2) is 12.7. The number of piperidine rings is 1. The number of carbonyl (C=O) groups excluding carboxylic acids is 1. The van der Waals surface area contributed by atoms with Crippen molar-refractivity contribution in [2.75, 3.05) is 31.2 Å². The molecule has 0 aliphatic carbocycles. The molecule has 0 radical (unpaired) electrons. The van der Waals surface area contributed by atoms with Gasteiger partial charge in [0.25, 0.3) is 5.91 Å². The van der Waals surface area contributed by atoms with E-state index in [4.69, 9.17) is 31.2 Å². The molecule has 3 atom stereocenters. The van der Waals surface area contributed by atoms with Crippen molar-refractivity contribution in [3.8, 4) is 22.9 Å². The Balaban J connectivity index is 1.30. The summed E-state index contributed by atoms with van der Waals surface area (Å²) in [4.78, 5) is 30.5. The molecule has 1 amide bonds. The molecule has 1 aromatic carbocycles. The summed E-state index contributed by atoms with van der Waals surface area (Å²) in [5.41, 5.74) is 2.78. The number of ether oxygens (including phenoxy) is 2. The maximum absolute atomic E-state index is 13.5. The van der Waals surface area contributed by atoms with Crippen molar-refractivity contribution >= 4 is 34.2 Å². The van der Waals surface area contributed by atoms with E-state index in [9.17, 15) is 18.8 Å². The first-order valence-electron chi connectivity index (χ1n) is 15.7. The maximum atomic E-state index is 13.5.